The second-order valence-electron chi connectivity index (χ2n) is 6.54. The second kappa shape index (κ2) is 9.57. The van der Waals surface area contributed by atoms with E-state index >= 15 is 0 Å². The van der Waals surface area contributed by atoms with Crippen LogP contribution in [0.4, 0.5) is 20.2 Å². The molecule has 0 aromatic heterocycles. The zero-order chi connectivity index (χ0) is 22.4. The van der Waals surface area contributed by atoms with E-state index in [-0.39, 0.29) is 16.3 Å². The van der Waals surface area contributed by atoms with Crippen molar-refractivity contribution in [2.24, 2.45) is 0 Å². The molecule has 0 saturated heterocycles. The maximum atomic E-state index is 13.8. The highest BCUT2D eigenvalue weighted by atomic mass is 32.2. The van der Waals surface area contributed by atoms with Crippen LogP contribution in [0.2, 0.25) is 0 Å². The van der Waals surface area contributed by atoms with Crippen LogP contribution >= 0.6 is 0 Å². The van der Waals surface area contributed by atoms with E-state index in [1.807, 2.05) is 0 Å². The van der Waals surface area contributed by atoms with E-state index < -0.39 is 33.7 Å². The highest BCUT2D eigenvalue weighted by molar-refractivity contribution is 7.92. The van der Waals surface area contributed by atoms with Gasteiger partial charge in [-0.3, -0.25) is 9.52 Å². The van der Waals surface area contributed by atoms with Crippen molar-refractivity contribution in [3.8, 4) is 5.75 Å². The molecular weight excluding hydrogens is 426 g/mol. The summed E-state index contributed by atoms with van der Waals surface area (Å²) >= 11 is 0. The van der Waals surface area contributed by atoms with Crippen LogP contribution in [-0.2, 0) is 14.8 Å². The zero-order valence-corrected chi connectivity index (χ0v) is 17.3. The van der Waals surface area contributed by atoms with E-state index in [1.165, 1.54) is 60.7 Å². The molecule has 0 bridgehead atoms. The third kappa shape index (κ3) is 5.58. The summed E-state index contributed by atoms with van der Waals surface area (Å²) in [5, 5.41) is 2.61. The third-order valence-corrected chi connectivity index (χ3v) is 5.70. The lowest BCUT2D eigenvalue weighted by Crippen LogP contribution is -2.32. The number of hydrogen-bond donors (Lipinski definition) is 2. The molecule has 0 spiro atoms. The highest BCUT2D eigenvalue weighted by Crippen LogP contribution is 2.22. The first kappa shape index (κ1) is 22.2. The molecule has 0 aliphatic rings. The third-order valence-electron chi connectivity index (χ3n) is 4.32. The molecule has 0 unspecified atom stereocenters. The van der Waals surface area contributed by atoms with Crippen molar-refractivity contribution in [3.63, 3.8) is 0 Å². The lowest BCUT2D eigenvalue weighted by atomic mass is 10.2. The summed E-state index contributed by atoms with van der Waals surface area (Å²) in [4.78, 5) is 12.4. The smallest absolute Gasteiger partial charge is 0.265 e. The number of carbonyl (C=O) groups is 1. The summed E-state index contributed by atoms with van der Waals surface area (Å²) in [5.74, 6) is -1.82. The summed E-state index contributed by atoms with van der Waals surface area (Å²) in [7, 11) is -4.02. The molecule has 1 amide bonds. The number of para-hydroxylation sites is 2. The predicted molar refractivity (Wildman–Crippen MR) is 113 cm³/mol. The van der Waals surface area contributed by atoms with Crippen LogP contribution in [0.25, 0.3) is 0 Å². The Labute approximate surface area is 178 Å². The van der Waals surface area contributed by atoms with Crippen molar-refractivity contribution in [1.82, 2.24) is 0 Å². The van der Waals surface area contributed by atoms with E-state index in [4.69, 9.17) is 4.74 Å². The normalized spacial score (nSPS) is 12.1. The van der Waals surface area contributed by atoms with Gasteiger partial charge in [0.1, 0.15) is 5.82 Å². The largest absolute Gasteiger partial charge is 0.478 e. The van der Waals surface area contributed by atoms with Gasteiger partial charge >= 0.3 is 0 Å². The fourth-order valence-electron chi connectivity index (χ4n) is 2.70. The molecular formula is C22H20F2N2O4S. The molecule has 3 aromatic rings. The number of halogens is 2. The molecule has 0 saturated carbocycles. The van der Waals surface area contributed by atoms with E-state index in [2.05, 4.69) is 10.0 Å². The van der Waals surface area contributed by atoms with Gasteiger partial charge in [0.25, 0.3) is 15.9 Å². The molecule has 0 fully saturated rings. The van der Waals surface area contributed by atoms with E-state index in [1.54, 1.807) is 13.0 Å². The van der Waals surface area contributed by atoms with Crippen molar-refractivity contribution in [2.75, 3.05) is 10.0 Å². The van der Waals surface area contributed by atoms with Crippen molar-refractivity contribution in [1.29, 1.82) is 0 Å². The van der Waals surface area contributed by atoms with Crippen LogP contribution in [0.15, 0.2) is 77.7 Å². The Morgan fingerprint density at radius 1 is 0.935 bits per heavy atom. The van der Waals surface area contributed by atoms with Gasteiger partial charge in [0.15, 0.2) is 17.7 Å². The van der Waals surface area contributed by atoms with Gasteiger partial charge in [0.05, 0.1) is 10.6 Å². The lowest BCUT2D eigenvalue weighted by Gasteiger charge is -2.17. The molecule has 9 heteroatoms. The number of anilines is 2. The van der Waals surface area contributed by atoms with Crippen LogP contribution in [0, 0.1) is 11.6 Å². The molecule has 3 rings (SSSR count). The van der Waals surface area contributed by atoms with Gasteiger partial charge in [-0.2, -0.15) is 0 Å². The Hall–Kier alpha value is -3.46. The topological polar surface area (TPSA) is 84.5 Å². The Balaban J connectivity index is 1.68. The van der Waals surface area contributed by atoms with Gasteiger partial charge in [-0.25, -0.2) is 17.2 Å². The molecule has 162 valence electrons. The molecule has 0 heterocycles. The molecule has 0 radical (unpaired) electrons. The second-order valence-corrected chi connectivity index (χ2v) is 8.23. The first-order valence-electron chi connectivity index (χ1n) is 9.39. The van der Waals surface area contributed by atoms with Gasteiger partial charge in [-0.15, -0.1) is 0 Å². The molecule has 31 heavy (non-hydrogen) atoms. The van der Waals surface area contributed by atoms with Gasteiger partial charge in [0, 0.05) is 5.69 Å². The number of nitrogens with one attached hydrogen (secondary N) is 2. The zero-order valence-electron chi connectivity index (χ0n) is 16.5. The number of ether oxygens (including phenoxy) is 1. The number of hydrogen-bond acceptors (Lipinski definition) is 4. The minimum absolute atomic E-state index is 0.0369. The van der Waals surface area contributed by atoms with Crippen LogP contribution in [0.1, 0.15) is 13.3 Å². The van der Waals surface area contributed by atoms with Gasteiger partial charge in [0.2, 0.25) is 0 Å². The highest BCUT2D eigenvalue weighted by Gasteiger charge is 2.21. The van der Waals surface area contributed by atoms with Crippen LogP contribution in [-0.4, -0.2) is 20.4 Å². The maximum Gasteiger partial charge on any atom is 0.265 e. The number of carbonyl (C=O) groups excluding carboxylic acids is 1. The van der Waals surface area contributed by atoms with E-state index in [9.17, 15) is 22.0 Å². The van der Waals surface area contributed by atoms with Crippen molar-refractivity contribution < 1.29 is 26.7 Å². The molecule has 2 N–H and O–H groups in total. The van der Waals surface area contributed by atoms with Crippen LogP contribution < -0.4 is 14.8 Å². The van der Waals surface area contributed by atoms with E-state index in [0.29, 0.717) is 12.1 Å². The Morgan fingerprint density at radius 3 is 2.16 bits per heavy atom. The number of sulfonamides is 1. The fourth-order valence-corrected chi connectivity index (χ4v) is 3.77. The molecule has 0 aliphatic carbocycles. The van der Waals surface area contributed by atoms with Crippen LogP contribution in [0.3, 0.4) is 0 Å². The summed E-state index contributed by atoms with van der Waals surface area (Å²) in [6.07, 6.45) is -0.651. The Bertz CT molecular complexity index is 1170. The van der Waals surface area contributed by atoms with E-state index in [0.717, 1.165) is 6.07 Å². The maximum absolute atomic E-state index is 13.8. The summed E-state index contributed by atoms with van der Waals surface area (Å²) in [5.41, 5.74) is 0.154. The Kier molecular flexibility index (Phi) is 6.86. The average molecular weight is 446 g/mol. The molecule has 1 atom stereocenters. The average Bonchev–Trinajstić information content (AvgIpc) is 2.75. The molecule has 3 aromatic carbocycles. The van der Waals surface area contributed by atoms with Crippen molar-refractivity contribution >= 4 is 27.3 Å². The molecule has 0 aliphatic heterocycles. The number of rotatable bonds is 8. The summed E-state index contributed by atoms with van der Waals surface area (Å²) < 4.78 is 60.0. The van der Waals surface area contributed by atoms with Crippen molar-refractivity contribution in [3.05, 3.63) is 84.4 Å². The first-order valence-corrected chi connectivity index (χ1v) is 10.9. The van der Waals surface area contributed by atoms with Gasteiger partial charge in [-0.1, -0.05) is 31.2 Å². The first-order chi connectivity index (χ1) is 14.8. The minimum atomic E-state index is -4.02. The Morgan fingerprint density at radius 2 is 1.55 bits per heavy atom. The summed E-state index contributed by atoms with van der Waals surface area (Å²) in [6, 6.07) is 16.5. The standard InChI is InChI=1S/C22H20F2N2O4S/c1-2-20(30-21-10-6-4-8-18(21)24)22(27)25-15-11-13-16(14-12-15)31(28,29)26-19-9-5-3-7-17(19)23/h3-14,20,26H,2H2,1H3,(H,25,27)/t20-/m1/s1. The quantitative estimate of drug-likeness (QED) is 0.531. The monoisotopic (exact) mass is 446 g/mol. The van der Waals surface area contributed by atoms with Gasteiger partial charge < -0.3 is 10.1 Å². The fraction of sp³-hybridized carbons (Fsp3) is 0.136. The van der Waals surface area contributed by atoms with Crippen LogP contribution in [0.5, 0.6) is 5.75 Å². The lowest BCUT2D eigenvalue weighted by molar-refractivity contribution is -0.122. The number of benzene rings is 3. The summed E-state index contributed by atoms with van der Waals surface area (Å²) in [6.45, 7) is 1.72. The SMILES string of the molecule is CC[C@@H](Oc1ccccc1F)C(=O)Nc1ccc(S(=O)(=O)Nc2ccccc2F)cc1. The molecule has 6 nitrogen and oxygen atoms in total. The number of amides is 1. The predicted octanol–water partition coefficient (Wildman–Crippen LogP) is 4.56. The van der Waals surface area contributed by atoms with Crippen molar-refractivity contribution in [2.45, 2.75) is 24.3 Å². The van der Waals surface area contributed by atoms with Gasteiger partial charge in [-0.05, 0) is 55.0 Å². The minimum Gasteiger partial charge on any atom is -0.478 e.